The highest BCUT2D eigenvalue weighted by molar-refractivity contribution is 5.76. The molecular weight excluding hydrogens is 280 g/mol. The molecule has 0 bridgehead atoms. The van der Waals surface area contributed by atoms with Crippen molar-refractivity contribution >= 4 is 5.91 Å². The Bertz CT molecular complexity index is 337. The average Bonchev–Trinajstić information content (AvgIpc) is 3.03. The zero-order chi connectivity index (χ0) is 15.8. The highest BCUT2D eigenvalue weighted by Gasteiger charge is 2.44. The predicted molar refractivity (Wildman–Crippen MR) is 86.9 cm³/mol. The molecule has 0 aromatic rings. The molecule has 0 aromatic heterocycles. The Morgan fingerprint density at radius 2 is 2.00 bits per heavy atom. The van der Waals surface area contributed by atoms with Crippen LogP contribution in [0.3, 0.4) is 0 Å². The van der Waals surface area contributed by atoms with E-state index < -0.39 is 0 Å². The first-order valence-electron chi connectivity index (χ1n) is 8.89. The van der Waals surface area contributed by atoms with Crippen LogP contribution < -0.4 is 5.32 Å². The zero-order valence-electron chi connectivity index (χ0n) is 14.2. The van der Waals surface area contributed by atoms with E-state index in [-0.39, 0.29) is 17.5 Å². The van der Waals surface area contributed by atoms with E-state index in [1.807, 2.05) is 6.92 Å². The zero-order valence-corrected chi connectivity index (χ0v) is 14.2. The first kappa shape index (κ1) is 17.7. The van der Waals surface area contributed by atoms with Crippen LogP contribution in [0.5, 0.6) is 0 Å². The fourth-order valence-corrected chi connectivity index (χ4v) is 3.95. The van der Waals surface area contributed by atoms with E-state index in [0.29, 0.717) is 13.0 Å². The summed E-state index contributed by atoms with van der Waals surface area (Å²) in [4.78, 5) is 14.8. The Kier molecular flexibility index (Phi) is 7.12. The quantitative estimate of drug-likeness (QED) is 0.696. The largest absolute Gasteiger partial charge is 0.382 e. The lowest BCUT2D eigenvalue weighted by Gasteiger charge is -2.47. The molecule has 2 aliphatic rings. The number of hydrogen-bond acceptors (Lipinski definition) is 4. The van der Waals surface area contributed by atoms with Crippen molar-refractivity contribution in [3.63, 3.8) is 0 Å². The number of amides is 1. The van der Waals surface area contributed by atoms with Gasteiger partial charge in [0.15, 0.2) is 0 Å². The summed E-state index contributed by atoms with van der Waals surface area (Å²) in [6, 6.07) is 0.202. The first-order chi connectivity index (χ1) is 10.7. The number of carbonyl (C=O) groups excluding carboxylic acids is 1. The van der Waals surface area contributed by atoms with Crippen LogP contribution in [0.4, 0.5) is 0 Å². The van der Waals surface area contributed by atoms with Crippen molar-refractivity contribution in [2.75, 3.05) is 39.5 Å². The van der Waals surface area contributed by atoms with Crippen molar-refractivity contribution in [2.24, 2.45) is 0 Å². The molecule has 2 fully saturated rings. The second kappa shape index (κ2) is 8.85. The lowest BCUT2D eigenvalue weighted by atomic mass is 9.86. The maximum atomic E-state index is 12.2. The fraction of sp³-hybridized carbons (Fsp3) is 0.941. The van der Waals surface area contributed by atoms with Crippen molar-refractivity contribution in [3.8, 4) is 0 Å². The second-order valence-corrected chi connectivity index (χ2v) is 6.50. The molecule has 0 unspecified atom stereocenters. The van der Waals surface area contributed by atoms with Crippen LogP contribution in [0, 0.1) is 0 Å². The minimum Gasteiger partial charge on any atom is -0.382 e. The van der Waals surface area contributed by atoms with Gasteiger partial charge in [-0.15, -0.1) is 0 Å². The minimum atomic E-state index is 0.138. The molecule has 1 atom stereocenters. The molecule has 1 amide bonds. The molecule has 0 spiro atoms. The van der Waals surface area contributed by atoms with Gasteiger partial charge in [0.1, 0.15) is 0 Å². The van der Waals surface area contributed by atoms with Gasteiger partial charge >= 0.3 is 0 Å². The fourth-order valence-electron chi connectivity index (χ4n) is 3.95. The molecular formula is C17H32N2O3. The Labute approximate surface area is 134 Å². The summed E-state index contributed by atoms with van der Waals surface area (Å²) in [5.74, 6) is 0.159. The third kappa shape index (κ3) is 4.43. The van der Waals surface area contributed by atoms with Crippen LogP contribution in [-0.2, 0) is 14.3 Å². The maximum Gasteiger partial charge on any atom is 0.220 e. The van der Waals surface area contributed by atoms with Gasteiger partial charge in [0, 0.05) is 44.3 Å². The predicted octanol–water partition coefficient (Wildman–Crippen LogP) is 1.95. The lowest BCUT2D eigenvalue weighted by Crippen LogP contribution is -2.62. The van der Waals surface area contributed by atoms with Crippen molar-refractivity contribution in [1.82, 2.24) is 10.2 Å². The highest BCUT2D eigenvalue weighted by atomic mass is 16.5. The van der Waals surface area contributed by atoms with Crippen LogP contribution in [0.2, 0.25) is 0 Å². The smallest absolute Gasteiger partial charge is 0.220 e. The van der Waals surface area contributed by atoms with Gasteiger partial charge in [-0.1, -0.05) is 12.8 Å². The summed E-state index contributed by atoms with van der Waals surface area (Å²) in [6.07, 6.45) is 6.27. The highest BCUT2D eigenvalue weighted by Crippen LogP contribution is 2.38. The van der Waals surface area contributed by atoms with Crippen molar-refractivity contribution < 1.29 is 14.3 Å². The van der Waals surface area contributed by atoms with E-state index in [4.69, 9.17) is 9.47 Å². The maximum absolute atomic E-state index is 12.2. The molecule has 5 heteroatoms. The number of hydrogen-bond donors (Lipinski definition) is 1. The van der Waals surface area contributed by atoms with Crippen LogP contribution >= 0.6 is 0 Å². The summed E-state index contributed by atoms with van der Waals surface area (Å²) in [5, 5.41) is 3.26. The standard InChI is InChI=1S/C17H32N2O3/c1-3-21-12-6-7-16(20)18-15(2)17(8-4-5-9-17)19-10-13-22-14-11-19/h15H,3-14H2,1-2H3,(H,18,20)/t15-/m1/s1. The molecule has 5 nitrogen and oxygen atoms in total. The molecule has 1 saturated carbocycles. The summed E-state index contributed by atoms with van der Waals surface area (Å²) in [5.41, 5.74) is 0.138. The molecule has 1 aliphatic heterocycles. The van der Waals surface area contributed by atoms with Crippen LogP contribution in [-0.4, -0.2) is 61.9 Å². The van der Waals surface area contributed by atoms with Crippen molar-refractivity contribution in [2.45, 2.75) is 64.0 Å². The molecule has 1 heterocycles. The number of morpholine rings is 1. The average molecular weight is 312 g/mol. The molecule has 1 N–H and O–H groups in total. The van der Waals surface area contributed by atoms with Crippen molar-refractivity contribution in [3.05, 3.63) is 0 Å². The van der Waals surface area contributed by atoms with Gasteiger partial charge in [-0.3, -0.25) is 9.69 Å². The van der Waals surface area contributed by atoms with Crippen LogP contribution in [0.1, 0.15) is 52.4 Å². The Hall–Kier alpha value is -0.650. The van der Waals surface area contributed by atoms with Crippen LogP contribution in [0.25, 0.3) is 0 Å². The number of carbonyl (C=O) groups is 1. The van der Waals surface area contributed by atoms with Gasteiger partial charge in [0.2, 0.25) is 5.91 Å². The molecule has 128 valence electrons. The molecule has 0 aromatic carbocycles. The van der Waals surface area contributed by atoms with E-state index in [1.54, 1.807) is 0 Å². The first-order valence-corrected chi connectivity index (χ1v) is 8.89. The topological polar surface area (TPSA) is 50.8 Å². The molecule has 1 saturated heterocycles. The number of nitrogens with zero attached hydrogens (tertiary/aromatic N) is 1. The normalized spacial score (nSPS) is 23.4. The van der Waals surface area contributed by atoms with Gasteiger partial charge in [-0.25, -0.2) is 0 Å². The Morgan fingerprint density at radius 1 is 1.32 bits per heavy atom. The Morgan fingerprint density at radius 3 is 2.64 bits per heavy atom. The van der Waals surface area contributed by atoms with Gasteiger partial charge in [0.25, 0.3) is 0 Å². The number of nitrogens with one attached hydrogen (secondary N) is 1. The summed E-state index contributed by atoms with van der Waals surface area (Å²) >= 11 is 0. The lowest BCUT2D eigenvalue weighted by molar-refractivity contribution is -0.123. The van der Waals surface area contributed by atoms with E-state index >= 15 is 0 Å². The van der Waals surface area contributed by atoms with E-state index in [9.17, 15) is 4.79 Å². The van der Waals surface area contributed by atoms with Gasteiger partial charge in [0.05, 0.1) is 13.2 Å². The van der Waals surface area contributed by atoms with E-state index in [2.05, 4.69) is 17.1 Å². The van der Waals surface area contributed by atoms with Gasteiger partial charge in [-0.05, 0) is 33.1 Å². The summed E-state index contributed by atoms with van der Waals surface area (Å²) in [6.45, 7) is 9.17. The van der Waals surface area contributed by atoms with Gasteiger partial charge < -0.3 is 14.8 Å². The summed E-state index contributed by atoms with van der Waals surface area (Å²) in [7, 11) is 0. The Balaban J connectivity index is 1.86. The molecule has 22 heavy (non-hydrogen) atoms. The third-order valence-electron chi connectivity index (χ3n) is 5.19. The minimum absolute atomic E-state index is 0.138. The molecule has 1 aliphatic carbocycles. The second-order valence-electron chi connectivity index (χ2n) is 6.50. The SMILES string of the molecule is CCOCCCC(=O)N[C@H](C)C1(N2CCOCC2)CCCC1. The van der Waals surface area contributed by atoms with E-state index in [0.717, 1.165) is 39.3 Å². The van der Waals surface area contributed by atoms with Gasteiger partial charge in [-0.2, -0.15) is 0 Å². The van der Waals surface area contributed by atoms with E-state index in [1.165, 1.54) is 25.7 Å². The number of ether oxygens (including phenoxy) is 2. The number of rotatable bonds is 8. The summed E-state index contributed by atoms with van der Waals surface area (Å²) < 4.78 is 10.8. The molecule has 0 radical (unpaired) electrons. The van der Waals surface area contributed by atoms with Crippen LogP contribution in [0.15, 0.2) is 0 Å². The monoisotopic (exact) mass is 312 g/mol. The van der Waals surface area contributed by atoms with Crippen molar-refractivity contribution in [1.29, 1.82) is 0 Å². The third-order valence-corrected chi connectivity index (χ3v) is 5.19. The molecule has 2 rings (SSSR count).